The quantitative estimate of drug-likeness (QED) is 0.816. The van der Waals surface area contributed by atoms with E-state index in [1.807, 2.05) is 0 Å². The van der Waals surface area contributed by atoms with Crippen LogP contribution in [0.25, 0.3) is 0 Å². The summed E-state index contributed by atoms with van der Waals surface area (Å²) in [5, 5.41) is 0. The average Bonchev–Trinajstić information content (AvgIpc) is 2.73. The predicted molar refractivity (Wildman–Crippen MR) is 70.1 cm³/mol. The highest BCUT2D eigenvalue weighted by Crippen LogP contribution is 2.20. The van der Waals surface area contributed by atoms with Crippen molar-refractivity contribution >= 4 is 11.7 Å². The zero-order valence-corrected chi connectivity index (χ0v) is 11.1. The smallest absolute Gasteiger partial charge is 0.223 e. The lowest BCUT2D eigenvalue weighted by molar-refractivity contribution is -0.132. The monoisotopic (exact) mass is 263 g/mol. The topological polar surface area (TPSA) is 37.4 Å². The largest absolute Gasteiger partial charge is 0.335 e. The Labute approximate surface area is 112 Å². The molecule has 0 spiro atoms. The maximum absolute atomic E-state index is 12.7. The van der Waals surface area contributed by atoms with E-state index in [-0.39, 0.29) is 30.5 Å². The van der Waals surface area contributed by atoms with Crippen molar-refractivity contribution in [2.75, 3.05) is 13.1 Å². The summed E-state index contributed by atoms with van der Waals surface area (Å²) < 4.78 is 12.7. The molecule has 102 valence electrons. The molecule has 1 aliphatic rings. The van der Waals surface area contributed by atoms with E-state index in [1.54, 1.807) is 17.0 Å². The second-order valence-corrected chi connectivity index (χ2v) is 5.09. The Kier molecular flexibility index (Phi) is 4.30. The van der Waals surface area contributed by atoms with E-state index in [2.05, 4.69) is 6.92 Å². The average molecular weight is 263 g/mol. The molecule has 1 amide bonds. The van der Waals surface area contributed by atoms with Crippen LogP contribution in [-0.4, -0.2) is 29.7 Å². The number of benzene rings is 1. The SMILES string of the molecule is CCC1CC(=O)N(CC(=O)Cc2ccc(F)cc2)C1. The number of carbonyl (C=O) groups excluding carboxylic acids is 2. The second kappa shape index (κ2) is 5.95. The molecular weight excluding hydrogens is 245 g/mol. The molecule has 1 heterocycles. The maximum Gasteiger partial charge on any atom is 0.223 e. The highest BCUT2D eigenvalue weighted by atomic mass is 19.1. The van der Waals surface area contributed by atoms with Crippen molar-refractivity contribution in [1.29, 1.82) is 0 Å². The Morgan fingerprint density at radius 1 is 1.37 bits per heavy atom. The van der Waals surface area contributed by atoms with Crippen molar-refractivity contribution in [3.05, 3.63) is 35.6 Å². The second-order valence-electron chi connectivity index (χ2n) is 5.09. The van der Waals surface area contributed by atoms with E-state index in [9.17, 15) is 14.0 Å². The molecule has 1 fully saturated rings. The van der Waals surface area contributed by atoms with Gasteiger partial charge in [-0.1, -0.05) is 25.5 Å². The number of carbonyl (C=O) groups is 2. The van der Waals surface area contributed by atoms with Crippen LogP contribution in [0, 0.1) is 11.7 Å². The van der Waals surface area contributed by atoms with E-state index in [4.69, 9.17) is 0 Å². The lowest BCUT2D eigenvalue weighted by Gasteiger charge is -2.15. The Morgan fingerprint density at radius 3 is 2.63 bits per heavy atom. The fraction of sp³-hybridized carbons (Fsp3) is 0.467. The number of amides is 1. The highest BCUT2D eigenvalue weighted by Gasteiger charge is 2.29. The molecule has 1 aromatic carbocycles. The summed E-state index contributed by atoms with van der Waals surface area (Å²) in [7, 11) is 0. The molecular formula is C15H18FNO2. The van der Waals surface area contributed by atoms with Crippen LogP contribution in [-0.2, 0) is 16.0 Å². The Bertz CT molecular complexity index is 470. The standard InChI is InChI=1S/C15H18FNO2/c1-2-11-8-15(19)17(9-11)10-14(18)7-12-3-5-13(16)6-4-12/h3-6,11H,2,7-10H2,1H3. The van der Waals surface area contributed by atoms with Crippen LogP contribution in [0.2, 0.25) is 0 Å². The molecule has 1 saturated heterocycles. The molecule has 0 bridgehead atoms. The van der Waals surface area contributed by atoms with Gasteiger partial charge in [0.25, 0.3) is 0 Å². The van der Waals surface area contributed by atoms with Gasteiger partial charge >= 0.3 is 0 Å². The summed E-state index contributed by atoms with van der Waals surface area (Å²) in [4.78, 5) is 25.2. The number of hydrogen-bond acceptors (Lipinski definition) is 2. The van der Waals surface area contributed by atoms with Crippen LogP contribution >= 0.6 is 0 Å². The van der Waals surface area contributed by atoms with Gasteiger partial charge in [-0.25, -0.2) is 4.39 Å². The van der Waals surface area contributed by atoms with E-state index < -0.39 is 0 Å². The van der Waals surface area contributed by atoms with Gasteiger partial charge < -0.3 is 4.90 Å². The first-order valence-corrected chi connectivity index (χ1v) is 6.62. The summed E-state index contributed by atoms with van der Waals surface area (Å²) in [5.41, 5.74) is 0.782. The number of nitrogens with zero attached hydrogens (tertiary/aromatic N) is 1. The van der Waals surface area contributed by atoms with Gasteiger partial charge in [0.1, 0.15) is 5.82 Å². The molecule has 1 atom stereocenters. The van der Waals surface area contributed by atoms with Crippen LogP contribution in [0.3, 0.4) is 0 Å². The molecule has 19 heavy (non-hydrogen) atoms. The molecule has 0 radical (unpaired) electrons. The number of likely N-dealkylation sites (tertiary alicyclic amines) is 1. The molecule has 1 aliphatic heterocycles. The molecule has 0 aliphatic carbocycles. The first kappa shape index (κ1) is 13.7. The molecule has 2 rings (SSSR count). The summed E-state index contributed by atoms with van der Waals surface area (Å²) in [6.45, 7) is 2.92. The fourth-order valence-electron chi connectivity index (χ4n) is 2.38. The molecule has 4 heteroatoms. The molecule has 1 aromatic rings. The van der Waals surface area contributed by atoms with Crippen molar-refractivity contribution in [2.24, 2.45) is 5.92 Å². The minimum absolute atomic E-state index is 0.00305. The van der Waals surface area contributed by atoms with Gasteiger partial charge in [-0.15, -0.1) is 0 Å². The van der Waals surface area contributed by atoms with Crippen molar-refractivity contribution < 1.29 is 14.0 Å². The van der Waals surface area contributed by atoms with Crippen LogP contribution in [0.15, 0.2) is 24.3 Å². The molecule has 0 N–H and O–H groups in total. The zero-order valence-electron chi connectivity index (χ0n) is 11.1. The summed E-state index contributed by atoms with van der Waals surface area (Å²) in [6.07, 6.45) is 1.77. The zero-order chi connectivity index (χ0) is 13.8. The van der Waals surface area contributed by atoms with Crippen LogP contribution in [0.4, 0.5) is 4.39 Å². The van der Waals surface area contributed by atoms with Crippen LogP contribution in [0.5, 0.6) is 0 Å². The van der Waals surface area contributed by atoms with E-state index in [1.165, 1.54) is 12.1 Å². The minimum Gasteiger partial charge on any atom is -0.335 e. The van der Waals surface area contributed by atoms with E-state index in [0.29, 0.717) is 18.9 Å². The lowest BCUT2D eigenvalue weighted by atomic mass is 10.1. The Morgan fingerprint density at radius 2 is 2.05 bits per heavy atom. The van der Waals surface area contributed by atoms with Crippen molar-refractivity contribution in [1.82, 2.24) is 4.90 Å². The third-order valence-corrected chi connectivity index (χ3v) is 3.55. The number of rotatable bonds is 5. The normalized spacial score (nSPS) is 18.9. The number of ketones is 1. The molecule has 1 unspecified atom stereocenters. The van der Waals surface area contributed by atoms with Gasteiger partial charge in [-0.05, 0) is 23.6 Å². The lowest BCUT2D eigenvalue weighted by Crippen LogP contribution is -2.32. The molecule has 0 saturated carbocycles. The predicted octanol–water partition coefficient (Wildman–Crippen LogP) is 2.20. The van der Waals surface area contributed by atoms with Crippen LogP contribution < -0.4 is 0 Å². The summed E-state index contributed by atoms with van der Waals surface area (Å²) in [5.74, 6) is 0.138. The molecule has 3 nitrogen and oxygen atoms in total. The fourth-order valence-corrected chi connectivity index (χ4v) is 2.38. The number of Topliss-reactive ketones (excluding diaryl/α,β-unsaturated/α-hetero) is 1. The third-order valence-electron chi connectivity index (χ3n) is 3.55. The van der Waals surface area contributed by atoms with Gasteiger partial charge in [0.15, 0.2) is 5.78 Å². The summed E-state index contributed by atoms with van der Waals surface area (Å²) in [6, 6.07) is 5.90. The number of halogens is 1. The van der Waals surface area contributed by atoms with Gasteiger partial charge in [-0.3, -0.25) is 9.59 Å². The Balaban J connectivity index is 1.88. The maximum atomic E-state index is 12.7. The first-order chi connectivity index (χ1) is 9.08. The Hall–Kier alpha value is -1.71. The highest BCUT2D eigenvalue weighted by molar-refractivity contribution is 5.88. The van der Waals surface area contributed by atoms with E-state index >= 15 is 0 Å². The first-order valence-electron chi connectivity index (χ1n) is 6.62. The van der Waals surface area contributed by atoms with Gasteiger partial charge in [0.2, 0.25) is 5.91 Å². The van der Waals surface area contributed by atoms with Crippen LogP contribution in [0.1, 0.15) is 25.3 Å². The van der Waals surface area contributed by atoms with Crippen molar-refractivity contribution in [2.45, 2.75) is 26.2 Å². The van der Waals surface area contributed by atoms with Gasteiger partial charge in [0, 0.05) is 19.4 Å². The third kappa shape index (κ3) is 3.63. The number of hydrogen-bond donors (Lipinski definition) is 0. The minimum atomic E-state index is -0.309. The van der Waals surface area contributed by atoms with Crippen molar-refractivity contribution in [3.8, 4) is 0 Å². The summed E-state index contributed by atoms with van der Waals surface area (Å²) >= 11 is 0. The van der Waals surface area contributed by atoms with Gasteiger partial charge in [-0.2, -0.15) is 0 Å². The molecule has 0 aromatic heterocycles. The van der Waals surface area contributed by atoms with Gasteiger partial charge in [0.05, 0.1) is 6.54 Å². The van der Waals surface area contributed by atoms with E-state index in [0.717, 1.165) is 12.0 Å². The van der Waals surface area contributed by atoms with Crippen molar-refractivity contribution in [3.63, 3.8) is 0 Å².